The zero-order chi connectivity index (χ0) is 20.2. The molecule has 0 N–H and O–H groups in total. The van der Waals surface area contributed by atoms with E-state index in [-0.39, 0.29) is 0 Å². The molecule has 150 valence electrons. The molecule has 0 spiro atoms. The summed E-state index contributed by atoms with van der Waals surface area (Å²) in [6.07, 6.45) is 13.2. The topological polar surface area (TPSA) is 22.6 Å². The first-order chi connectivity index (χ1) is 12.8. The average Bonchev–Trinajstić information content (AvgIpc) is 2.67. The molecule has 1 atom stereocenters. The number of nitrogens with zero attached hydrogens (tertiary/aromatic N) is 4. The minimum atomic E-state index is 0.528. The number of pyridine rings is 1. The minimum Gasteiger partial charge on any atom is -0.374 e. The predicted octanol–water partition coefficient (Wildman–Crippen LogP) is 4.44. The molecular weight excluding hydrogens is 332 g/mol. The van der Waals surface area contributed by atoms with Gasteiger partial charge in [-0.3, -0.25) is 4.98 Å². The number of hydrogen-bond acceptors (Lipinski definition) is 4. The maximum Gasteiger partial charge on any atom is 0.0394 e. The van der Waals surface area contributed by atoms with Crippen LogP contribution < -0.4 is 4.90 Å². The van der Waals surface area contributed by atoms with Crippen LogP contribution in [-0.2, 0) is 0 Å². The first-order valence-electron chi connectivity index (χ1n) is 9.87. The average molecular weight is 371 g/mol. The van der Waals surface area contributed by atoms with Gasteiger partial charge in [-0.05, 0) is 44.5 Å². The lowest BCUT2D eigenvalue weighted by Gasteiger charge is -2.29. The molecule has 0 aromatic carbocycles. The van der Waals surface area contributed by atoms with Crippen molar-refractivity contribution in [1.29, 1.82) is 0 Å². The van der Waals surface area contributed by atoms with Gasteiger partial charge in [0.2, 0.25) is 0 Å². The van der Waals surface area contributed by atoms with E-state index in [0.717, 1.165) is 31.8 Å². The summed E-state index contributed by atoms with van der Waals surface area (Å²) in [7, 11) is 6.45. The van der Waals surface area contributed by atoms with Crippen molar-refractivity contribution in [1.82, 2.24) is 14.8 Å². The smallest absolute Gasteiger partial charge is 0.0394 e. The van der Waals surface area contributed by atoms with Crippen LogP contribution >= 0.6 is 0 Å². The van der Waals surface area contributed by atoms with Crippen molar-refractivity contribution in [2.24, 2.45) is 5.92 Å². The predicted molar refractivity (Wildman–Crippen MR) is 119 cm³/mol. The van der Waals surface area contributed by atoms with Gasteiger partial charge in [-0.2, -0.15) is 0 Å². The molecule has 0 saturated heterocycles. The zero-order valence-electron chi connectivity index (χ0n) is 18.1. The highest BCUT2D eigenvalue weighted by Crippen LogP contribution is 2.12. The molecule has 1 rings (SSSR count). The Kier molecular flexibility index (Phi) is 10.5. The second-order valence-corrected chi connectivity index (χ2v) is 7.65. The van der Waals surface area contributed by atoms with Gasteiger partial charge >= 0.3 is 0 Å². The van der Waals surface area contributed by atoms with Gasteiger partial charge in [0, 0.05) is 63.5 Å². The second-order valence-electron chi connectivity index (χ2n) is 7.65. The van der Waals surface area contributed by atoms with Gasteiger partial charge in [0.1, 0.15) is 0 Å². The van der Waals surface area contributed by atoms with Crippen molar-refractivity contribution in [2.75, 3.05) is 45.7 Å². The highest BCUT2D eigenvalue weighted by molar-refractivity contribution is 5.43. The molecule has 4 nitrogen and oxygen atoms in total. The lowest BCUT2D eigenvalue weighted by molar-refractivity contribution is 0.225. The Morgan fingerprint density at radius 3 is 2.33 bits per heavy atom. The summed E-state index contributed by atoms with van der Waals surface area (Å²) in [5.74, 6) is 0.577. The van der Waals surface area contributed by atoms with Crippen LogP contribution in [0, 0.1) is 5.92 Å². The molecule has 1 aromatic rings. The number of allylic oxidation sites excluding steroid dienone is 4. The lowest BCUT2D eigenvalue weighted by atomic mass is 10.2. The first-order valence-corrected chi connectivity index (χ1v) is 9.87. The van der Waals surface area contributed by atoms with Gasteiger partial charge in [-0.25, -0.2) is 0 Å². The second kappa shape index (κ2) is 12.3. The fourth-order valence-corrected chi connectivity index (χ4v) is 2.58. The molecule has 0 amide bonds. The number of hydrogen-bond donors (Lipinski definition) is 0. The van der Waals surface area contributed by atoms with Crippen LogP contribution in [0.3, 0.4) is 0 Å². The Morgan fingerprint density at radius 1 is 1.04 bits per heavy atom. The monoisotopic (exact) mass is 370 g/mol. The van der Waals surface area contributed by atoms with Crippen LogP contribution in [0.4, 0.5) is 5.69 Å². The van der Waals surface area contributed by atoms with E-state index in [4.69, 9.17) is 0 Å². The molecule has 4 heteroatoms. The standard InChI is InChI=1S/C23H38N4/c1-20(2)10-8-9-11-21(3)25(5)18-19-26(6)22(4)14-17-27(7)23-12-15-24-16-13-23/h8-13,15-16,20,22H,3,14,17-19H2,1-2,4-7H3. The Hall–Kier alpha value is -2.07. The third kappa shape index (κ3) is 9.43. The van der Waals surface area contributed by atoms with E-state index in [2.05, 4.69) is 105 Å². The summed E-state index contributed by atoms with van der Waals surface area (Å²) in [5, 5.41) is 0. The van der Waals surface area contributed by atoms with Crippen molar-refractivity contribution in [3.63, 3.8) is 0 Å². The Bertz CT molecular complexity index is 592. The highest BCUT2D eigenvalue weighted by Gasteiger charge is 2.11. The van der Waals surface area contributed by atoms with E-state index in [1.165, 1.54) is 5.69 Å². The minimum absolute atomic E-state index is 0.528. The number of rotatable bonds is 12. The van der Waals surface area contributed by atoms with Crippen LogP contribution in [0.5, 0.6) is 0 Å². The van der Waals surface area contributed by atoms with Crippen molar-refractivity contribution in [3.05, 3.63) is 61.1 Å². The summed E-state index contributed by atoms with van der Waals surface area (Å²) in [6.45, 7) is 13.8. The summed E-state index contributed by atoms with van der Waals surface area (Å²) < 4.78 is 0. The number of likely N-dealkylation sites (N-methyl/N-ethyl adjacent to an activating group) is 2. The Balaban J connectivity index is 2.33. The van der Waals surface area contributed by atoms with E-state index < -0.39 is 0 Å². The van der Waals surface area contributed by atoms with Crippen molar-refractivity contribution < 1.29 is 0 Å². The van der Waals surface area contributed by atoms with Gasteiger partial charge in [-0.1, -0.05) is 38.7 Å². The van der Waals surface area contributed by atoms with Crippen molar-refractivity contribution >= 4 is 5.69 Å². The van der Waals surface area contributed by atoms with Gasteiger partial charge < -0.3 is 14.7 Å². The van der Waals surface area contributed by atoms with Crippen molar-refractivity contribution in [3.8, 4) is 0 Å². The molecule has 0 saturated carbocycles. The van der Waals surface area contributed by atoms with Crippen LogP contribution in [0.25, 0.3) is 0 Å². The summed E-state index contributed by atoms with van der Waals surface area (Å²) in [6, 6.07) is 4.64. The molecule has 0 aliphatic heterocycles. The molecule has 1 unspecified atom stereocenters. The maximum atomic E-state index is 4.16. The van der Waals surface area contributed by atoms with Crippen molar-refractivity contribution in [2.45, 2.75) is 33.2 Å². The largest absolute Gasteiger partial charge is 0.374 e. The van der Waals surface area contributed by atoms with Gasteiger partial charge in [0.25, 0.3) is 0 Å². The fourth-order valence-electron chi connectivity index (χ4n) is 2.58. The molecule has 0 aliphatic carbocycles. The Labute approximate surface area is 166 Å². The van der Waals surface area contributed by atoms with E-state index in [9.17, 15) is 0 Å². The van der Waals surface area contributed by atoms with E-state index in [1.807, 2.05) is 12.4 Å². The van der Waals surface area contributed by atoms with Gasteiger partial charge in [0.05, 0.1) is 0 Å². The summed E-state index contributed by atoms with van der Waals surface area (Å²) >= 11 is 0. The van der Waals surface area contributed by atoms with Crippen LogP contribution in [0.15, 0.2) is 61.1 Å². The number of aromatic nitrogens is 1. The van der Waals surface area contributed by atoms with Gasteiger partial charge in [0.15, 0.2) is 0 Å². The van der Waals surface area contributed by atoms with E-state index >= 15 is 0 Å². The van der Waals surface area contributed by atoms with Crippen LogP contribution in [-0.4, -0.2) is 61.6 Å². The van der Waals surface area contributed by atoms with E-state index in [0.29, 0.717) is 12.0 Å². The molecule has 0 fully saturated rings. The normalized spacial score (nSPS) is 13.0. The summed E-state index contributed by atoms with van der Waals surface area (Å²) in [4.78, 5) is 11.0. The molecule has 0 radical (unpaired) electrons. The fraction of sp³-hybridized carbons (Fsp3) is 0.522. The van der Waals surface area contributed by atoms with Gasteiger partial charge in [-0.15, -0.1) is 0 Å². The quantitative estimate of drug-likeness (QED) is 0.507. The third-order valence-electron chi connectivity index (χ3n) is 4.91. The third-order valence-corrected chi connectivity index (χ3v) is 4.91. The van der Waals surface area contributed by atoms with Crippen LogP contribution in [0.2, 0.25) is 0 Å². The first kappa shape index (κ1) is 23.0. The lowest BCUT2D eigenvalue weighted by Crippen LogP contribution is -2.37. The highest BCUT2D eigenvalue weighted by atomic mass is 15.2. The summed E-state index contributed by atoms with van der Waals surface area (Å²) in [5.41, 5.74) is 2.26. The SMILES string of the molecule is C=C(C=CC=CC(C)C)N(C)CCN(C)C(C)CCN(C)c1ccncc1. The molecule has 1 aromatic heterocycles. The molecule has 1 heterocycles. The molecule has 0 aliphatic rings. The Morgan fingerprint density at radius 2 is 1.70 bits per heavy atom. The maximum absolute atomic E-state index is 4.16. The number of anilines is 1. The van der Waals surface area contributed by atoms with Crippen LogP contribution in [0.1, 0.15) is 27.2 Å². The molecular formula is C23H38N4. The van der Waals surface area contributed by atoms with E-state index in [1.54, 1.807) is 0 Å². The zero-order valence-corrected chi connectivity index (χ0v) is 18.1. The molecule has 0 bridgehead atoms. The molecule has 27 heavy (non-hydrogen) atoms.